The number of anilines is 1. The quantitative estimate of drug-likeness (QED) is 0.215. The van der Waals surface area contributed by atoms with Crippen molar-refractivity contribution in [2.45, 2.75) is 84.6 Å². The van der Waals surface area contributed by atoms with Gasteiger partial charge in [0.05, 0.1) is 11.1 Å². The molecule has 0 spiro atoms. The summed E-state index contributed by atoms with van der Waals surface area (Å²) in [6, 6.07) is 11.4. The first-order valence-electron chi connectivity index (χ1n) is 15.3. The van der Waals surface area contributed by atoms with Gasteiger partial charge >= 0.3 is 12.3 Å². The number of nitrogens with zero attached hydrogens (tertiary/aromatic N) is 2. The maximum Gasteiger partial charge on any atom is 0.573 e. The average Bonchev–Trinajstić information content (AvgIpc) is 2.95. The zero-order valence-corrected chi connectivity index (χ0v) is 28.0. The van der Waals surface area contributed by atoms with E-state index in [9.17, 15) is 22.8 Å². The molecule has 244 valence electrons. The van der Waals surface area contributed by atoms with E-state index >= 15 is 0 Å². The van der Waals surface area contributed by atoms with Gasteiger partial charge in [0.15, 0.2) is 0 Å². The minimum absolute atomic E-state index is 0.0337. The second-order valence-electron chi connectivity index (χ2n) is 12.6. The van der Waals surface area contributed by atoms with Crippen molar-refractivity contribution in [3.63, 3.8) is 0 Å². The molecule has 4 rings (SSSR count). The number of ether oxygens (including phenoxy) is 2. The highest BCUT2D eigenvalue weighted by atomic mass is 79.9. The van der Waals surface area contributed by atoms with Crippen LogP contribution in [0.3, 0.4) is 0 Å². The number of hydrogen-bond acceptors (Lipinski definition) is 6. The van der Waals surface area contributed by atoms with Crippen molar-refractivity contribution < 1.29 is 32.2 Å². The number of nitrogens with one attached hydrogen (secondary N) is 1. The third-order valence-electron chi connectivity index (χ3n) is 8.00. The van der Waals surface area contributed by atoms with Crippen LogP contribution in [0.5, 0.6) is 5.75 Å². The molecule has 1 N–H and O–H groups in total. The molecule has 7 nitrogen and oxygen atoms in total. The summed E-state index contributed by atoms with van der Waals surface area (Å²) in [5.74, 6) is -0.598. The summed E-state index contributed by atoms with van der Waals surface area (Å²) in [7, 11) is 0. The van der Waals surface area contributed by atoms with E-state index in [-0.39, 0.29) is 36.6 Å². The Hall–Kier alpha value is -3.34. The van der Waals surface area contributed by atoms with Gasteiger partial charge in [0, 0.05) is 47.4 Å². The van der Waals surface area contributed by atoms with Crippen LogP contribution in [-0.4, -0.2) is 48.5 Å². The Bertz CT molecular complexity index is 1520. The Labute approximate surface area is 271 Å². The maximum absolute atomic E-state index is 14.0. The van der Waals surface area contributed by atoms with Gasteiger partial charge in [0.2, 0.25) is 0 Å². The summed E-state index contributed by atoms with van der Waals surface area (Å²) in [5.41, 5.74) is 1.39. The molecule has 1 aliphatic rings. The minimum Gasteiger partial charge on any atom is -0.460 e. The Balaban J connectivity index is 1.67. The van der Waals surface area contributed by atoms with Crippen LogP contribution < -0.4 is 15.0 Å². The molecule has 2 aromatic carbocycles. The number of esters is 1. The van der Waals surface area contributed by atoms with Crippen molar-refractivity contribution in [1.29, 1.82) is 0 Å². The highest BCUT2D eigenvalue weighted by molar-refractivity contribution is 9.10. The van der Waals surface area contributed by atoms with E-state index in [0.29, 0.717) is 22.4 Å². The Morgan fingerprint density at radius 2 is 1.89 bits per heavy atom. The smallest absolute Gasteiger partial charge is 0.460 e. The molecule has 0 radical (unpaired) electrons. The van der Waals surface area contributed by atoms with Crippen LogP contribution in [0.4, 0.5) is 19.0 Å². The Kier molecular flexibility index (Phi) is 11.0. The van der Waals surface area contributed by atoms with Crippen molar-refractivity contribution in [2.75, 3.05) is 24.5 Å². The topological polar surface area (TPSA) is 80.8 Å². The molecule has 0 bridgehead atoms. The largest absolute Gasteiger partial charge is 0.573 e. The number of pyridine rings is 1. The number of halogens is 4. The summed E-state index contributed by atoms with van der Waals surface area (Å²) in [4.78, 5) is 33.9. The number of rotatable bonds is 10. The van der Waals surface area contributed by atoms with Crippen molar-refractivity contribution in [2.24, 2.45) is 5.92 Å². The van der Waals surface area contributed by atoms with Gasteiger partial charge in [-0.1, -0.05) is 47.5 Å². The minimum atomic E-state index is -4.91. The molecule has 1 amide bonds. The standard InChI is InChI=1S/C34H41BrF3N3O4/c1-6-22-10-9-17-41(20-22)31-21(2)30(26-18-24(35)14-15-27(26)40-31)32(43)39-19-23(13-16-29(42)45-33(3,4)5)25-11-7-8-12-28(25)44-34(36,37)38/h7-8,11-12,14-15,18,22-23H,6,9-10,13,16-17,19-20H2,1-5H3,(H,39,43). The normalized spacial score (nSPS) is 16.4. The van der Waals surface area contributed by atoms with Crippen molar-refractivity contribution in [3.8, 4) is 5.75 Å². The van der Waals surface area contributed by atoms with E-state index in [1.54, 1.807) is 26.8 Å². The molecule has 11 heteroatoms. The molecule has 2 unspecified atom stereocenters. The Morgan fingerprint density at radius 3 is 2.58 bits per heavy atom. The Morgan fingerprint density at radius 1 is 1.16 bits per heavy atom. The van der Waals surface area contributed by atoms with Gasteiger partial charge < -0.3 is 19.7 Å². The van der Waals surface area contributed by atoms with Crippen molar-refractivity contribution in [1.82, 2.24) is 10.3 Å². The summed E-state index contributed by atoms with van der Waals surface area (Å²) in [6.07, 6.45) is -1.57. The van der Waals surface area contributed by atoms with E-state index in [1.165, 1.54) is 18.2 Å². The third kappa shape index (κ3) is 9.34. The van der Waals surface area contributed by atoms with Crippen LogP contribution in [0.1, 0.15) is 87.2 Å². The maximum atomic E-state index is 14.0. The van der Waals surface area contributed by atoms with Gasteiger partial charge in [-0.25, -0.2) is 4.98 Å². The average molecular weight is 693 g/mol. The summed E-state index contributed by atoms with van der Waals surface area (Å²) >= 11 is 3.51. The van der Waals surface area contributed by atoms with Gasteiger partial charge in [-0.3, -0.25) is 9.59 Å². The number of carbonyl (C=O) groups excluding carboxylic acids is 2. The number of piperidine rings is 1. The number of aromatic nitrogens is 1. The lowest BCUT2D eigenvalue weighted by atomic mass is 9.92. The molecular formula is C34H41BrF3N3O4. The molecule has 1 saturated heterocycles. The number of amides is 1. The monoisotopic (exact) mass is 691 g/mol. The first-order valence-corrected chi connectivity index (χ1v) is 16.1. The second-order valence-corrected chi connectivity index (χ2v) is 13.5. The molecule has 0 aliphatic carbocycles. The van der Waals surface area contributed by atoms with E-state index < -0.39 is 23.9 Å². The molecule has 1 aromatic heterocycles. The summed E-state index contributed by atoms with van der Waals surface area (Å²) in [5, 5.41) is 3.64. The zero-order chi connectivity index (χ0) is 32.9. The molecule has 1 fully saturated rings. The zero-order valence-electron chi connectivity index (χ0n) is 26.4. The lowest BCUT2D eigenvalue weighted by Gasteiger charge is -2.34. The van der Waals surface area contributed by atoms with Crippen LogP contribution >= 0.6 is 15.9 Å². The van der Waals surface area contributed by atoms with Crippen molar-refractivity contribution >= 4 is 44.5 Å². The summed E-state index contributed by atoms with van der Waals surface area (Å²) < 4.78 is 50.5. The number of para-hydroxylation sites is 1. The third-order valence-corrected chi connectivity index (χ3v) is 8.49. The van der Waals surface area contributed by atoms with Gasteiger partial charge in [-0.15, -0.1) is 13.2 Å². The summed E-state index contributed by atoms with van der Waals surface area (Å²) in [6.45, 7) is 11.0. The fraction of sp³-hybridized carbons (Fsp3) is 0.500. The van der Waals surface area contributed by atoms with Gasteiger partial charge in [-0.05, 0) is 82.7 Å². The lowest BCUT2D eigenvalue weighted by molar-refractivity contribution is -0.275. The fourth-order valence-electron chi connectivity index (χ4n) is 5.90. The predicted octanol–water partition coefficient (Wildman–Crippen LogP) is 8.47. The van der Waals surface area contributed by atoms with Gasteiger partial charge in [0.1, 0.15) is 17.2 Å². The van der Waals surface area contributed by atoms with Gasteiger partial charge in [0.25, 0.3) is 5.91 Å². The van der Waals surface area contributed by atoms with Crippen LogP contribution in [0.2, 0.25) is 0 Å². The number of carbonyl (C=O) groups is 2. The molecule has 45 heavy (non-hydrogen) atoms. The van der Waals surface area contributed by atoms with E-state index in [4.69, 9.17) is 9.72 Å². The SMILES string of the molecule is CCC1CCCN(c2nc3ccc(Br)cc3c(C(=O)NCC(CCC(=O)OC(C)(C)C)c3ccccc3OC(F)(F)F)c2C)C1. The predicted molar refractivity (Wildman–Crippen MR) is 173 cm³/mol. The number of hydrogen-bond donors (Lipinski definition) is 1. The molecular weight excluding hydrogens is 651 g/mol. The van der Waals surface area contributed by atoms with Gasteiger partial charge in [-0.2, -0.15) is 0 Å². The highest BCUT2D eigenvalue weighted by Crippen LogP contribution is 2.35. The highest BCUT2D eigenvalue weighted by Gasteiger charge is 2.33. The molecule has 3 aromatic rings. The number of fused-ring (bicyclic) bond motifs is 1. The molecule has 1 aliphatic heterocycles. The van der Waals surface area contributed by atoms with Crippen LogP contribution in [0, 0.1) is 12.8 Å². The number of alkyl halides is 3. The first-order chi connectivity index (χ1) is 21.1. The van der Waals surface area contributed by atoms with Crippen molar-refractivity contribution in [3.05, 3.63) is 63.6 Å². The number of benzene rings is 2. The lowest BCUT2D eigenvalue weighted by Crippen LogP contribution is -2.37. The van der Waals surface area contributed by atoms with E-state index in [0.717, 1.165) is 48.2 Å². The fourth-order valence-corrected chi connectivity index (χ4v) is 6.26. The van der Waals surface area contributed by atoms with Crippen LogP contribution in [-0.2, 0) is 9.53 Å². The molecule has 2 heterocycles. The first kappa shape index (κ1) is 34.5. The van der Waals surface area contributed by atoms with E-state index in [2.05, 4.69) is 37.8 Å². The molecule has 2 atom stereocenters. The van der Waals surface area contributed by atoms with Crippen LogP contribution in [0.25, 0.3) is 10.9 Å². The molecule has 0 saturated carbocycles. The van der Waals surface area contributed by atoms with E-state index in [1.807, 2.05) is 25.1 Å². The second kappa shape index (κ2) is 14.4. The van der Waals surface area contributed by atoms with Crippen LogP contribution in [0.15, 0.2) is 46.9 Å².